The molecular weight excluding hydrogens is 248 g/mol. The van der Waals surface area contributed by atoms with Crippen LogP contribution in [0, 0.1) is 0 Å². The zero-order valence-electron chi connectivity index (χ0n) is 11.1. The van der Waals surface area contributed by atoms with E-state index in [0.717, 1.165) is 6.54 Å². The van der Waals surface area contributed by atoms with Crippen molar-refractivity contribution in [1.82, 2.24) is 9.47 Å². The van der Waals surface area contributed by atoms with Gasteiger partial charge >= 0.3 is 5.97 Å². The van der Waals surface area contributed by atoms with Gasteiger partial charge in [0.05, 0.1) is 13.1 Å². The van der Waals surface area contributed by atoms with Crippen molar-refractivity contribution in [2.75, 3.05) is 19.7 Å². The molecule has 0 aliphatic carbocycles. The van der Waals surface area contributed by atoms with E-state index in [1.54, 1.807) is 11.0 Å². The van der Waals surface area contributed by atoms with Crippen LogP contribution in [0.2, 0.25) is 0 Å². The molecule has 0 aromatic carbocycles. The van der Waals surface area contributed by atoms with Gasteiger partial charge in [-0.1, -0.05) is 0 Å². The number of carbonyl (C=O) groups excluding carboxylic acids is 1. The Bertz CT molecular complexity index is 489. The summed E-state index contributed by atoms with van der Waals surface area (Å²) in [7, 11) is 0. The second-order valence-corrected chi connectivity index (χ2v) is 4.97. The van der Waals surface area contributed by atoms with Gasteiger partial charge in [-0.2, -0.15) is 0 Å². The molecule has 1 aliphatic rings. The quantitative estimate of drug-likeness (QED) is 0.856. The molecule has 1 aromatic rings. The summed E-state index contributed by atoms with van der Waals surface area (Å²) >= 11 is 0. The maximum absolute atomic E-state index is 12.2. The molecule has 0 unspecified atom stereocenters. The molecule has 1 aromatic heterocycles. The van der Waals surface area contributed by atoms with Crippen LogP contribution in [0.15, 0.2) is 18.3 Å². The fourth-order valence-corrected chi connectivity index (χ4v) is 2.28. The topological polar surface area (TPSA) is 71.8 Å². The van der Waals surface area contributed by atoms with Gasteiger partial charge in [0.15, 0.2) is 0 Å². The molecule has 1 fully saturated rings. The van der Waals surface area contributed by atoms with Crippen molar-refractivity contribution in [3.05, 3.63) is 24.0 Å². The minimum atomic E-state index is -0.995. The zero-order valence-corrected chi connectivity index (χ0v) is 11.1. The highest BCUT2D eigenvalue weighted by Crippen LogP contribution is 2.26. The summed E-state index contributed by atoms with van der Waals surface area (Å²) in [6.07, 6.45) is 1.87. The van der Waals surface area contributed by atoms with E-state index in [0.29, 0.717) is 18.8 Å². The number of likely N-dealkylation sites (tertiary alicyclic amines) is 1. The van der Waals surface area contributed by atoms with Crippen LogP contribution >= 0.6 is 0 Å². The Hall–Kier alpha value is -1.82. The number of aromatic nitrogens is 1. The van der Waals surface area contributed by atoms with Gasteiger partial charge in [0.25, 0.3) is 5.91 Å². The summed E-state index contributed by atoms with van der Waals surface area (Å²) < 4.78 is 7.17. The molecule has 1 saturated heterocycles. The van der Waals surface area contributed by atoms with Gasteiger partial charge in [-0.15, -0.1) is 0 Å². The number of hydrogen-bond donors (Lipinski definition) is 1. The van der Waals surface area contributed by atoms with E-state index < -0.39 is 11.6 Å². The number of amides is 1. The molecule has 0 atom stereocenters. The van der Waals surface area contributed by atoms with E-state index in [4.69, 9.17) is 9.84 Å². The molecule has 104 valence electrons. The lowest BCUT2D eigenvalue weighted by atomic mass is 9.96. The first kappa shape index (κ1) is 13.6. The highest BCUT2D eigenvalue weighted by atomic mass is 16.5. The van der Waals surface area contributed by atoms with Gasteiger partial charge in [-0.05, 0) is 26.0 Å². The number of carboxylic acids is 1. The first-order valence-electron chi connectivity index (χ1n) is 6.25. The first-order chi connectivity index (χ1) is 8.95. The Kier molecular flexibility index (Phi) is 3.61. The molecular formula is C13H18N2O4. The average Bonchev–Trinajstić information content (AvgIpc) is 2.80. The van der Waals surface area contributed by atoms with E-state index in [-0.39, 0.29) is 12.5 Å². The number of carboxylic acid groups (broad SMARTS) is 1. The largest absolute Gasteiger partial charge is 0.480 e. The van der Waals surface area contributed by atoms with Crippen molar-refractivity contribution < 1.29 is 19.4 Å². The molecule has 2 heterocycles. The van der Waals surface area contributed by atoms with Gasteiger partial charge in [-0.3, -0.25) is 4.79 Å². The summed E-state index contributed by atoms with van der Waals surface area (Å²) in [4.78, 5) is 24.4. The number of ether oxygens (including phenoxy) is 1. The van der Waals surface area contributed by atoms with Crippen LogP contribution in [-0.2, 0) is 16.1 Å². The Morgan fingerprint density at radius 2 is 2.16 bits per heavy atom. The van der Waals surface area contributed by atoms with Gasteiger partial charge in [0, 0.05) is 12.7 Å². The van der Waals surface area contributed by atoms with Gasteiger partial charge in [0.1, 0.15) is 17.9 Å². The highest BCUT2D eigenvalue weighted by molar-refractivity contribution is 5.93. The molecule has 19 heavy (non-hydrogen) atoms. The summed E-state index contributed by atoms with van der Waals surface area (Å²) in [6, 6.07) is 3.64. The van der Waals surface area contributed by atoms with Crippen molar-refractivity contribution in [2.45, 2.75) is 26.0 Å². The Morgan fingerprint density at radius 3 is 2.74 bits per heavy atom. The van der Waals surface area contributed by atoms with E-state index >= 15 is 0 Å². The Labute approximate surface area is 111 Å². The maximum atomic E-state index is 12.2. The monoisotopic (exact) mass is 266 g/mol. The first-order valence-corrected chi connectivity index (χ1v) is 6.25. The molecule has 1 aliphatic heterocycles. The lowest BCUT2D eigenvalue weighted by molar-refractivity contribution is -0.160. The van der Waals surface area contributed by atoms with E-state index in [1.165, 1.54) is 0 Å². The van der Waals surface area contributed by atoms with Crippen molar-refractivity contribution in [2.24, 2.45) is 0 Å². The molecule has 0 saturated carbocycles. The van der Waals surface area contributed by atoms with Crippen molar-refractivity contribution >= 4 is 11.9 Å². The average molecular weight is 266 g/mol. The van der Waals surface area contributed by atoms with Gasteiger partial charge in [0.2, 0.25) is 0 Å². The summed E-state index contributed by atoms with van der Waals surface area (Å²) in [5, 5.41) is 8.58. The third-order valence-electron chi connectivity index (χ3n) is 3.27. The second-order valence-electron chi connectivity index (χ2n) is 4.97. The molecule has 0 spiro atoms. The number of hydrogen-bond acceptors (Lipinski definition) is 3. The molecule has 6 nitrogen and oxygen atoms in total. The van der Waals surface area contributed by atoms with Crippen molar-refractivity contribution in [1.29, 1.82) is 0 Å². The standard InChI is InChI=1S/C13H18N2O4/c1-3-14-6-4-5-10(14)12(18)15-8-13(2,9-15)19-7-11(16)17/h4-6H,3,7-9H2,1-2H3,(H,16,17). The smallest absolute Gasteiger partial charge is 0.329 e. The summed E-state index contributed by atoms with van der Waals surface area (Å²) in [5.41, 5.74) is 0.111. The SMILES string of the molecule is CCn1cccc1C(=O)N1CC(C)(OCC(=O)O)C1. The molecule has 6 heteroatoms. The Balaban J connectivity index is 1.93. The van der Waals surface area contributed by atoms with Crippen LogP contribution in [0.4, 0.5) is 0 Å². The minimum absolute atomic E-state index is 0.0387. The second kappa shape index (κ2) is 5.05. The molecule has 0 radical (unpaired) electrons. The van der Waals surface area contributed by atoms with Crippen LogP contribution in [-0.4, -0.2) is 51.7 Å². The van der Waals surface area contributed by atoms with Crippen LogP contribution in [0.5, 0.6) is 0 Å². The molecule has 0 bridgehead atoms. The number of aryl methyl sites for hydroxylation is 1. The Morgan fingerprint density at radius 1 is 1.47 bits per heavy atom. The van der Waals surface area contributed by atoms with E-state index in [2.05, 4.69) is 0 Å². The summed E-state index contributed by atoms with van der Waals surface area (Å²) in [6.45, 7) is 5.06. The fourth-order valence-electron chi connectivity index (χ4n) is 2.28. The van der Waals surface area contributed by atoms with Crippen molar-refractivity contribution in [3.63, 3.8) is 0 Å². The van der Waals surface area contributed by atoms with Crippen LogP contribution in [0.1, 0.15) is 24.3 Å². The molecule has 2 rings (SSSR count). The number of aliphatic carboxylic acids is 1. The van der Waals surface area contributed by atoms with Gasteiger partial charge in [-0.25, -0.2) is 4.79 Å². The predicted molar refractivity (Wildman–Crippen MR) is 68.0 cm³/mol. The third kappa shape index (κ3) is 2.78. The molecule has 1 N–H and O–H groups in total. The van der Waals surface area contributed by atoms with Crippen molar-refractivity contribution in [3.8, 4) is 0 Å². The third-order valence-corrected chi connectivity index (χ3v) is 3.27. The van der Waals surface area contributed by atoms with Gasteiger partial charge < -0.3 is 19.3 Å². The lowest BCUT2D eigenvalue weighted by Crippen LogP contribution is -2.63. The predicted octanol–water partition coefficient (Wildman–Crippen LogP) is 0.824. The number of carbonyl (C=O) groups is 2. The zero-order chi connectivity index (χ0) is 14.0. The highest BCUT2D eigenvalue weighted by Gasteiger charge is 2.43. The lowest BCUT2D eigenvalue weighted by Gasteiger charge is -2.47. The fraction of sp³-hybridized carbons (Fsp3) is 0.538. The van der Waals surface area contributed by atoms with Crippen LogP contribution in [0.3, 0.4) is 0 Å². The van der Waals surface area contributed by atoms with E-state index in [9.17, 15) is 9.59 Å². The van der Waals surface area contributed by atoms with E-state index in [1.807, 2.05) is 30.7 Å². The number of nitrogens with zero attached hydrogens (tertiary/aromatic N) is 2. The summed E-state index contributed by atoms with van der Waals surface area (Å²) in [5.74, 6) is -1.03. The normalized spacial score (nSPS) is 17.1. The maximum Gasteiger partial charge on any atom is 0.329 e. The number of rotatable bonds is 5. The van der Waals surface area contributed by atoms with Crippen LogP contribution in [0.25, 0.3) is 0 Å². The van der Waals surface area contributed by atoms with Crippen LogP contribution < -0.4 is 0 Å². The minimum Gasteiger partial charge on any atom is -0.480 e. The molecule has 1 amide bonds.